The highest BCUT2D eigenvalue weighted by Gasteiger charge is 2.19. The molecule has 0 aliphatic heterocycles. The van der Waals surface area contributed by atoms with Crippen LogP contribution in [0.2, 0.25) is 0 Å². The largest absolute Gasteiger partial charge is 0.484 e. The molecule has 0 saturated heterocycles. The van der Waals surface area contributed by atoms with E-state index in [0.717, 1.165) is 21.9 Å². The Kier molecular flexibility index (Phi) is 5.52. The van der Waals surface area contributed by atoms with Crippen LogP contribution in [0.4, 0.5) is 5.82 Å². The molecule has 0 saturated carbocycles. The third kappa shape index (κ3) is 4.43. The van der Waals surface area contributed by atoms with E-state index in [9.17, 15) is 4.79 Å². The number of carbonyl (C=O) groups is 1. The number of amides is 1. The Labute approximate surface area is 170 Å². The second kappa shape index (κ2) is 8.57. The van der Waals surface area contributed by atoms with Crippen molar-refractivity contribution in [3.63, 3.8) is 0 Å². The molecule has 4 aromatic rings. The number of benzene rings is 3. The van der Waals surface area contributed by atoms with Crippen molar-refractivity contribution in [1.29, 1.82) is 0 Å². The molecule has 4 heteroatoms. The lowest BCUT2D eigenvalue weighted by Crippen LogP contribution is -2.35. The van der Waals surface area contributed by atoms with E-state index in [1.165, 1.54) is 0 Å². The quantitative estimate of drug-likeness (QED) is 0.463. The average Bonchev–Trinajstić information content (AvgIpc) is 2.77. The fourth-order valence-corrected chi connectivity index (χ4v) is 3.27. The summed E-state index contributed by atoms with van der Waals surface area (Å²) < 4.78 is 5.73. The van der Waals surface area contributed by atoms with Gasteiger partial charge < -0.3 is 4.74 Å². The molecular formula is C25H22N2O2. The van der Waals surface area contributed by atoms with Crippen LogP contribution in [-0.2, 0) is 11.3 Å². The molecule has 0 bridgehead atoms. The second-order valence-corrected chi connectivity index (χ2v) is 6.91. The third-order valence-electron chi connectivity index (χ3n) is 4.82. The van der Waals surface area contributed by atoms with Gasteiger partial charge in [0.25, 0.3) is 5.91 Å². The van der Waals surface area contributed by atoms with Crippen LogP contribution < -0.4 is 9.64 Å². The van der Waals surface area contributed by atoms with Crippen LogP contribution >= 0.6 is 0 Å². The summed E-state index contributed by atoms with van der Waals surface area (Å²) in [7, 11) is 0. The molecule has 1 amide bonds. The van der Waals surface area contributed by atoms with Crippen molar-refractivity contribution in [3.8, 4) is 5.75 Å². The zero-order valence-electron chi connectivity index (χ0n) is 16.3. The summed E-state index contributed by atoms with van der Waals surface area (Å²) in [5.41, 5.74) is 2.21. The van der Waals surface area contributed by atoms with Gasteiger partial charge in [-0.05, 0) is 47.5 Å². The van der Waals surface area contributed by atoms with Gasteiger partial charge in [-0.1, -0.05) is 66.2 Å². The van der Waals surface area contributed by atoms with Crippen LogP contribution in [0.3, 0.4) is 0 Å². The van der Waals surface area contributed by atoms with Gasteiger partial charge in [0.05, 0.1) is 6.54 Å². The Bertz CT molecular complexity index is 1100. The molecule has 0 spiro atoms. The number of rotatable bonds is 6. The van der Waals surface area contributed by atoms with Gasteiger partial charge in [-0.3, -0.25) is 9.69 Å². The Hall–Kier alpha value is -3.66. The summed E-state index contributed by atoms with van der Waals surface area (Å²) >= 11 is 0. The first-order valence-corrected chi connectivity index (χ1v) is 9.58. The minimum atomic E-state index is -0.141. The van der Waals surface area contributed by atoms with Gasteiger partial charge in [-0.15, -0.1) is 0 Å². The number of aryl methyl sites for hydroxylation is 1. The number of nitrogens with zero attached hydrogens (tertiary/aromatic N) is 2. The van der Waals surface area contributed by atoms with Crippen LogP contribution in [0.15, 0.2) is 91.1 Å². The predicted octanol–water partition coefficient (Wildman–Crippen LogP) is 5.16. The Morgan fingerprint density at radius 1 is 0.897 bits per heavy atom. The smallest absolute Gasteiger partial charge is 0.266 e. The van der Waals surface area contributed by atoms with Gasteiger partial charge in [-0.25, -0.2) is 4.98 Å². The number of anilines is 1. The number of ether oxygens (including phenoxy) is 1. The second-order valence-electron chi connectivity index (χ2n) is 6.91. The first-order chi connectivity index (χ1) is 14.2. The van der Waals surface area contributed by atoms with E-state index in [0.29, 0.717) is 18.1 Å². The fourth-order valence-electron chi connectivity index (χ4n) is 3.27. The molecule has 1 aromatic heterocycles. The summed E-state index contributed by atoms with van der Waals surface area (Å²) in [6.07, 6.45) is 1.69. The van der Waals surface area contributed by atoms with Crippen LogP contribution in [0.1, 0.15) is 11.1 Å². The van der Waals surface area contributed by atoms with Crippen molar-refractivity contribution in [3.05, 3.63) is 102 Å². The van der Waals surface area contributed by atoms with Crippen molar-refractivity contribution >= 4 is 22.5 Å². The lowest BCUT2D eigenvalue weighted by Gasteiger charge is -2.23. The zero-order chi connectivity index (χ0) is 20.1. The Morgan fingerprint density at radius 2 is 1.66 bits per heavy atom. The van der Waals surface area contributed by atoms with Crippen molar-refractivity contribution in [2.24, 2.45) is 0 Å². The van der Waals surface area contributed by atoms with Crippen LogP contribution in [0, 0.1) is 6.92 Å². The maximum Gasteiger partial charge on any atom is 0.266 e. The minimum absolute atomic E-state index is 0.0512. The number of carbonyl (C=O) groups excluding carboxylic acids is 1. The van der Waals surface area contributed by atoms with Crippen molar-refractivity contribution in [2.45, 2.75) is 13.5 Å². The molecule has 0 N–H and O–H groups in total. The monoisotopic (exact) mass is 382 g/mol. The van der Waals surface area contributed by atoms with E-state index < -0.39 is 0 Å². The van der Waals surface area contributed by atoms with E-state index in [2.05, 4.69) is 23.2 Å². The summed E-state index contributed by atoms with van der Waals surface area (Å²) in [4.78, 5) is 19.2. The normalized spacial score (nSPS) is 10.7. The number of hydrogen-bond donors (Lipinski definition) is 0. The highest BCUT2D eigenvalue weighted by atomic mass is 16.5. The number of fused-ring (bicyclic) bond motifs is 1. The molecule has 0 atom stereocenters. The molecular weight excluding hydrogens is 360 g/mol. The predicted molar refractivity (Wildman–Crippen MR) is 116 cm³/mol. The molecule has 0 fully saturated rings. The summed E-state index contributed by atoms with van der Waals surface area (Å²) in [6, 6.07) is 27.6. The van der Waals surface area contributed by atoms with Gasteiger partial charge in [0.2, 0.25) is 0 Å². The standard InChI is InChI=1S/C25H22N2O2/c1-19-12-14-22(15-13-19)29-18-25(28)27(24-11-4-5-16-26-24)17-21-9-6-8-20-7-2-3-10-23(20)21/h2-16H,17-18H2,1H3. The summed E-state index contributed by atoms with van der Waals surface area (Å²) in [6.45, 7) is 2.39. The third-order valence-corrected chi connectivity index (χ3v) is 4.82. The van der Waals surface area contributed by atoms with Crippen molar-refractivity contribution in [1.82, 2.24) is 4.98 Å². The minimum Gasteiger partial charge on any atom is -0.484 e. The molecule has 29 heavy (non-hydrogen) atoms. The maximum atomic E-state index is 13.1. The van der Waals surface area contributed by atoms with Gasteiger partial charge >= 0.3 is 0 Å². The lowest BCUT2D eigenvalue weighted by molar-refractivity contribution is -0.120. The average molecular weight is 382 g/mol. The molecule has 3 aromatic carbocycles. The SMILES string of the molecule is Cc1ccc(OCC(=O)N(Cc2cccc3ccccc23)c2ccccn2)cc1. The van der Waals surface area contributed by atoms with Crippen LogP contribution in [-0.4, -0.2) is 17.5 Å². The van der Waals surface area contributed by atoms with E-state index in [-0.39, 0.29) is 12.5 Å². The highest BCUT2D eigenvalue weighted by Crippen LogP contribution is 2.22. The fraction of sp³-hybridized carbons (Fsp3) is 0.120. The maximum absolute atomic E-state index is 13.1. The van der Waals surface area contributed by atoms with Crippen LogP contribution in [0.5, 0.6) is 5.75 Å². The summed E-state index contributed by atoms with van der Waals surface area (Å²) in [5, 5.41) is 2.28. The molecule has 1 heterocycles. The lowest BCUT2D eigenvalue weighted by atomic mass is 10.0. The molecule has 4 nitrogen and oxygen atoms in total. The van der Waals surface area contributed by atoms with E-state index in [1.54, 1.807) is 11.1 Å². The zero-order valence-corrected chi connectivity index (χ0v) is 16.3. The van der Waals surface area contributed by atoms with Gasteiger partial charge in [0, 0.05) is 6.20 Å². The first-order valence-electron chi connectivity index (χ1n) is 9.58. The Morgan fingerprint density at radius 3 is 2.45 bits per heavy atom. The number of pyridine rings is 1. The molecule has 0 unspecified atom stereocenters. The molecule has 0 radical (unpaired) electrons. The van der Waals surface area contributed by atoms with Gasteiger partial charge in [-0.2, -0.15) is 0 Å². The molecule has 4 rings (SSSR count). The Balaban J connectivity index is 1.59. The molecule has 0 aliphatic rings. The molecule has 0 aliphatic carbocycles. The first kappa shape index (κ1) is 18.7. The highest BCUT2D eigenvalue weighted by molar-refractivity contribution is 5.94. The van der Waals surface area contributed by atoms with Crippen molar-refractivity contribution in [2.75, 3.05) is 11.5 Å². The van der Waals surface area contributed by atoms with E-state index >= 15 is 0 Å². The van der Waals surface area contributed by atoms with Crippen molar-refractivity contribution < 1.29 is 9.53 Å². The molecule has 144 valence electrons. The van der Waals surface area contributed by atoms with Gasteiger partial charge in [0.1, 0.15) is 11.6 Å². The van der Waals surface area contributed by atoms with E-state index in [4.69, 9.17) is 4.74 Å². The number of aromatic nitrogens is 1. The summed E-state index contributed by atoms with van der Waals surface area (Å²) in [5.74, 6) is 1.14. The van der Waals surface area contributed by atoms with E-state index in [1.807, 2.05) is 73.7 Å². The topological polar surface area (TPSA) is 42.4 Å². The van der Waals surface area contributed by atoms with Gasteiger partial charge in [0.15, 0.2) is 6.61 Å². The number of hydrogen-bond acceptors (Lipinski definition) is 3. The van der Waals surface area contributed by atoms with Crippen LogP contribution in [0.25, 0.3) is 10.8 Å².